The summed E-state index contributed by atoms with van der Waals surface area (Å²) in [5, 5.41) is 8.68. The first kappa shape index (κ1) is 26.8. The maximum atomic E-state index is 13.5. The number of hydrogen-bond donors (Lipinski definition) is 1. The van der Waals surface area contributed by atoms with Crippen LogP contribution in [0.4, 0.5) is 5.82 Å². The van der Waals surface area contributed by atoms with E-state index in [-0.39, 0.29) is 16.1 Å². The van der Waals surface area contributed by atoms with E-state index < -0.39 is 15.9 Å². The molecule has 214 valence electrons. The van der Waals surface area contributed by atoms with Gasteiger partial charge < -0.3 is 9.64 Å². The molecule has 5 heterocycles. The fourth-order valence-electron chi connectivity index (χ4n) is 5.88. The summed E-state index contributed by atoms with van der Waals surface area (Å²) in [6, 6.07) is 6.60. The minimum absolute atomic E-state index is 0.162. The van der Waals surface area contributed by atoms with Crippen LogP contribution in [0, 0.1) is 18.3 Å². The van der Waals surface area contributed by atoms with E-state index in [0.717, 1.165) is 31.4 Å². The first-order valence-electron chi connectivity index (χ1n) is 14.0. The molecule has 12 heteroatoms. The number of carbonyl (C=O) groups excluding carboxylic acids is 1. The number of carbonyl (C=O) groups is 1. The molecule has 6 rings (SSSR count). The van der Waals surface area contributed by atoms with E-state index in [9.17, 15) is 13.2 Å². The van der Waals surface area contributed by atoms with E-state index in [0.29, 0.717) is 48.5 Å². The minimum Gasteiger partial charge on any atom is -0.477 e. The Bertz CT molecular complexity index is 1550. The highest BCUT2D eigenvalue weighted by Crippen LogP contribution is 2.48. The Morgan fingerprint density at radius 2 is 1.95 bits per heavy atom. The van der Waals surface area contributed by atoms with Crippen molar-refractivity contribution in [1.82, 2.24) is 29.3 Å². The SMILES string of the molecule is Cc1cc2nn1CCCC1CN(c3nc(-n4ccc(OCCC5(C)CC5)n4)ccc3C(=O)NS2(=O)=O)C(C)(C)C1. The lowest BCUT2D eigenvalue weighted by molar-refractivity contribution is 0.0981. The fraction of sp³-hybridized carbons (Fsp3) is 0.571. The number of ether oxygens (including phenoxy) is 1. The summed E-state index contributed by atoms with van der Waals surface area (Å²) in [6.07, 6.45) is 8.04. The number of pyridine rings is 1. The quantitative estimate of drug-likeness (QED) is 0.493. The van der Waals surface area contributed by atoms with Gasteiger partial charge in [-0.3, -0.25) is 9.48 Å². The van der Waals surface area contributed by atoms with Crippen LogP contribution >= 0.6 is 0 Å². The summed E-state index contributed by atoms with van der Waals surface area (Å²) in [6.45, 7) is 10.3. The number of amides is 1. The summed E-state index contributed by atoms with van der Waals surface area (Å²) in [5.41, 5.74) is 1.05. The maximum Gasteiger partial charge on any atom is 0.283 e. The van der Waals surface area contributed by atoms with Crippen molar-refractivity contribution in [2.24, 2.45) is 11.3 Å². The zero-order chi connectivity index (χ0) is 28.3. The third kappa shape index (κ3) is 5.21. The molecular weight excluding hydrogens is 530 g/mol. The van der Waals surface area contributed by atoms with Gasteiger partial charge in [0.15, 0.2) is 10.8 Å². The molecule has 3 aromatic heterocycles. The number of aromatic nitrogens is 5. The van der Waals surface area contributed by atoms with Crippen LogP contribution in [0.15, 0.2) is 35.5 Å². The van der Waals surface area contributed by atoms with Crippen molar-refractivity contribution in [3.05, 3.63) is 41.7 Å². The Balaban J connectivity index is 1.35. The van der Waals surface area contributed by atoms with E-state index in [4.69, 9.17) is 9.72 Å². The van der Waals surface area contributed by atoms with Crippen molar-refractivity contribution in [1.29, 1.82) is 0 Å². The number of anilines is 1. The van der Waals surface area contributed by atoms with Gasteiger partial charge in [0.05, 0.1) is 12.2 Å². The second-order valence-electron chi connectivity index (χ2n) is 12.5. The number of sulfonamides is 1. The molecule has 0 aromatic carbocycles. The molecule has 1 unspecified atom stereocenters. The number of nitrogens with one attached hydrogen (secondary N) is 1. The number of fused-ring (bicyclic) bond motifs is 6. The van der Waals surface area contributed by atoms with Crippen LogP contribution in [0.25, 0.3) is 5.82 Å². The molecule has 3 aromatic rings. The van der Waals surface area contributed by atoms with Gasteiger partial charge in [-0.15, -0.1) is 5.10 Å². The van der Waals surface area contributed by atoms with Gasteiger partial charge in [0.2, 0.25) is 5.88 Å². The molecule has 3 aliphatic rings. The number of hydrogen-bond acceptors (Lipinski definition) is 8. The number of aryl methyl sites for hydroxylation is 2. The van der Waals surface area contributed by atoms with E-state index >= 15 is 0 Å². The van der Waals surface area contributed by atoms with Crippen molar-refractivity contribution in [3.8, 4) is 11.7 Å². The summed E-state index contributed by atoms with van der Waals surface area (Å²) in [5.74, 6) is 1.14. The lowest BCUT2D eigenvalue weighted by atomic mass is 9.93. The molecule has 11 nitrogen and oxygen atoms in total. The lowest BCUT2D eigenvalue weighted by Gasteiger charge is -2.34. The van der Waals surface area contributed by atoms with Crippen LogP contribution in [0.5, 0.6) is 5.88 Å². The highest BCUT2D eigenvalue weighted by Gasteiger charge is 2.41. The molecule has 0 spiro atoms. The smallest absolute Gasteiger partial charge is 0.283 e. The van der Waals surface area contributed by atoms with Gasteiger partial charge in [-0.25, -0.2) is 14.4 Å². The third-order valence-corrected chi connectivity index (χ3v) is 9.83. The molecule has 1 aliphatic carbocycles. The van der Waals surface area contributed by atoms with Gasteiger partial charge in [-0.05, 0) is 82.8 Å². The zero-order valence-electron chi connectivity index (χ0n) is 23.6. The monoisotopic (exact) mass is 567 g/mol. The topological polar surface area (TPSA) is 124 Å². The normalized spacial score (nSPS) is 22.8. The first-order valence-corrected chi connectivity index (χ1v) is 15.5. The summed E-state index contributed by atoms with van der Waals surface area (Å²) >= 11 is 0. The average Bonchev–Trinajstić information content (AvgIpc) is 3.20. The Kier molecular flexibility index (Phi) is 6.43. The van der Waals surface area contributed by atoms with Gasteiger partial charge in [0.25, 0.3) is 15.9 Å². The number of rotatable bonds is 5. The molecule has 1 amide bonds. The standard InChI is InChI=1S/C28H37N7O4S/c1-19-16-24-31-34(19)13-5-6-20-17-27(2,3)33(18-20)25-21(26(36)32-40(24,37)38)7-8-22(29-25)35-14-9-23(30-35)39-15-12-28(4)10-11-28/h7-9,14,16,20H,5-6,10-13,15,17-18H2,1-4H3,(H,32,36). The third-order valence-electron chi connectivity index (χ3n) is 8.62. The van der Waals surface area contributed by atoms with Crippen LogP contribution in [0.3, 0.4) is 0 Å². The summed E-state index contributed by atoms with van der Waals surface area (Å²) in [7, 11) is -4.17. The molecule has 1 saturated carbocycles. The van der Waals surface area contributed by atoms with E-state index in [1.807, 2.05) is 6.92 Å². The minimum atomic E-state index is -4.17. The molecule has 40 heavy (non-hydrogen) atoms. The summed E-state index contributed by atoms with van der Waals surface area (Å²) < 4.78 is 37.7. The maximum absolute atomic E-state index is 13.5. The second kappa shape index (κ2) is 9.60. The molecule has 2 fully saturated rings. The highest BCUT2D eigenvalue weighted by atomic mass is 32.2. The zero-order valence-corrected chi connectivity index (χ0v) is 24.4. The van der Waals surface area contributed by atoms with Gasteiger partial charge >= 0.3 is 0 Å². The molecular formula is C28H37N7O4S. The molecule has 4 bridgehead atoms. The van der Waals surface area contributed by atoms with Crippen molar-refractivity contribution < 1.29 is 17.9 Å². The molecule has 1 saturated heterocycles. The van der Waals surface area contributed by atoms with Crippen LogP contribution in [0.2, 0.25) is 0 Å². The van der Waals surface area contributed by atoms with Crippen molar-refractivity contribution in [3.63, 3.8) is 0 Å². The van der Waals surface area contributed by atoms with Crippen LogP contribution in [-0.2, 0) is 16.6 Å². The van der Waals surface area contributed by atoms with E-state index in [2.05, 4.69) is 40.6 Å². The molecule has 1 atom stereocenters. The predicted molar refractivity (Wildman–Crippen MR) is 149 cm³/mol. The predicted octanol–water partition coefficient (Wildman–Crippen LogP) is 3.86. The highest BCUT2D eigenvalue weighted by molar-refractivity contribution is 7.90. The van der Waals surface area contributed by atoms with Gasteiger partial charge in [-0.2, -0.15) is 13.5 Å². The number of nitrogens with zero attached hydrogens (tertiary/aromatic N) is 6. The van der Waals surface area contributed by atoms with Gasteiger partial charge in [0.1, 0.15) is 5.82 Å². The fourth-order valence-corrected chi connectivity index (χ4v) is 6.87. The average molecular weight is 568 g/mol. The van der Waals surface area contributed by atoms with Crippen LogP contribution < -0.4 is 14.4 Å². The van der Waals surface area contributed by atoms with Crippen LogP contribution in [-0.4, -0.2) is 57.6 Å². The van der Waals surface area contributed by atoms with E-state index in [1.54, 1.807) is 33.8 Å². The largest absolute Gasteiger partial charge is 0.477 e. The lowest BCUT2D eigenvalue weighted by Crippen LogP contribution is -2.41. The molecule has 0 radical (unpaired) electrons. The van der Waals surface area contributed by atoms with Gasteiger partial charge in [0, 0.05) is 42.7 Å². The van der Waals surface area contributed by atoms with Crippen LogP contribution in [0.1, 0.15) is 75.3 Å². The van der Waals surface area contributed by atoms with E-state index in [1.165, 1.54) is 18.9 Å². The van der Waals surface area contributed by atoms with Gasteiger partial charge in [-0.1, -0.05) is 6.92 Å². The van der Waals surface area contributed by atoms with Crippen molar-refractivity contribution in [2.75, 3.05) is 18.1 Å². The van der Waals surface area contributed by atoms with Crippen molar-refractivity contribution >= 4 is 21.7 Å². The Hall–Kier alpha value is -3.41. The molecule has 1 N–H and O–H groups in total. The van der Waals surface area contributed by atoms with Crippen molar-refractivity contribution in [2.45, 2.75) is 83.3 Å². The Morgan fingerprint density at radius 1 is 1.15 bits per heavy atom. The molecule has 2 aliphatic heterocycles. The first-order chi connectivity index (χ1) is 18.9. The Morgan fingerprint density at radius 3 is 2.73 bits per heavy atom. The Labute approximate surface area is 235 Å². The summed E-state index contributed by atoms with van der Waals surface area (Å²) in [4.78, 5) is 20.5. The second-order valence-corrected chi connectivity index (χ2v) is 14.1.